The quantitative estimate of drug-likeness (QED) is 0.877. The Bertz CT molecular complexity index is 327. The molecule has 1 N–H and O–H groups in total. The van der Waals surface area contributed by atoms with E-state index < -0.39 is 5.97 Å². The van der Waals surface area contributed by atoms with E-state index in [-0.39, 0.29) is 6.42 Å². The summed E-state index contributed by atoms with van der Waals surface area (Å²) in [4.78, 5) is 14.3. The number of carboxylic acids is 1. The van der Waals surface area contributed by atoms with Gasteiger partial charge in [0.1, 0.15) is 0 Å². The van der Waals surface area contributed by atoms with Crippen LogP contribution in [-0.2, 0) is 11.2 Å². The molecule has 0 bridgehead atoms. The number of rotatable bonds is 3. The van der Waals surface area contributed by atoms with Crippen molar-refractivity contribution in [1.29, 1.82) is 0 Å². The minimum absolute atomic E-state index is 0.0422. The standard InChI is InChI=1S/C8H8BrNO3/c1-13-8-7(9)5(2-3-10-8)4-6(11)12/h2-3H,4H2,1H3,(H,11,12). The number of pyridine rings is 1. The number of hydrogen-bond acceptors (Lipinski definition) is 3. The minimum Gasteiger partial charge on any atom is -0.481 e. The maximum Gasteiger partial charge on any atom is 0.307 e. The van der Waals surface area contributed by atoms with Gasteiger partial charge < -0.3 is 9.84 Å². The zero-order valence-electron chi connectivity index (χ0n) is 6.95. The molecular weight excluding hydrogens is 238 g/mol. The van der Waals surface area contributed by atoms with E-state index in [1.807, 2.05) is 0 Å². The van der Waals surface area contributed by atoms with Crippen LogP contribution in [0.15, 0.2) is 16.7 Å². The maximum atomic E-state index is 10.4. The molecule has 0 saturated heterocycles. The lowest BCUT2D eigenvalue weighted by Gasteiger charge is -2.04. The Morgan fingerprint density at radius 1 is 1.77 bits per heavy atom. The van der Waals surface area contributed by atoms with Crippen molar-refractivity contribution >= 4 is 21.9 Å². The zero-order chi connectivity index (χ0) is 9.84. The van der Waals surface area contributed by atoms with Gasteiger partial charge in [0, 0.05) is 6.20 Å². The molecular formula is C8H8BrNO3. The van der Waals surface area contributed by atoms with Crippen LogP contribution < -0.4 is 4.74 Å². The first-order valence-electron chi connectivity index (χ1n) is 3.54. The van der Waals surface area contributed by atoms with E-state index in [4.69, 9.17) is 9.84 Å². The molecule has 0 radical (unpaired) electrons. The SMILES string of the molecule is COc1nccc(CC(=O)O)c1Br. The maximum absolute atomic E-state index is 10.4. The largest absolute Gasteiger partial charge is 0.481 e. The third-order valence-corrected chi connectivity index (χ3v) is 2.32. The van der Waals surface area contributed by atoms with Gasteiger partial charge in [0.15, 0.2) is 0 Å². The van der Waals surface area contributed by atoms with Crippen molar-refractivity contribution in [3.63, 3.8) is 0 Å². The van der Waals surface area contributed by atoms with Gasteiger partial charge in [-0.2, -0.15) is 0 Å². The molecule has 0 aliphatic heterocycles. The van der Waals surface area contributed by atoms with Gasteiger partial charge in [-0.05, 0) is 27.6 Å². The van der Waals surface area contributed by atoms with E-state index >= 15 is 0 Å². The van der Waals surface area contributed by atoms with Crippen LogP contribution in [0.25, 0.3) is 0 Å². The number of nitrogens with zero attached hydrogens (tertiary/aromatic N) is 1. The fourth-order valence-electron chi connectivity index (χ4n) is 0.904. The van der Waals surface area contributed by atoms with E-state index in [2.05, 4.69) is 20.9 Å². The highest BCUT2D eigenvalue weighted by atomic mass is 79.9. The number of carbonyl (C=O) groups is 1. The van der Waals surface area contributed by atoms with E-state index in [1.165, 1.54) is 13.3 Å². The van der Waals surface area contributed by atoms with Gasteiger partial charge in [0.05, 0.1) is 18.0 Å². The number of methoxy groups -OCH3 is 1. The summed E-state index contributed by atoms with van der Waals surface area (Å²) < 4.78 is 5.51. The lowest BCUT2D eigenvalue weighted by molar-refractivity contribution is -0.136. The highest BCUT2D eigenvalue weighted by molar-refractivity contribution is 9.10. The first-order chi connectivity index (χ1) is 6.15. The summed E-state index contributed by atoms with van der Waals surface area (Å²) in [6, 6.07) is 1.64. The van der Waals surface area contributed by atoms with Crippen LogP contribution in [0.4, 0.5) is 0 Å². The van der Waals surface area contributed by atoms with Crippen LogP contribution in [0.2, 0.25) is 0 Å². The summed E-state index contributed by atoms with van der Waals surface area (Å²) in [5.41, 5.74) is 0.652. The van der Waals surface area contributed by atoms with Crippen molar-refractivity contribution in [3.05, 3.63) is 22.3 Å². The summed E-state index contributed by atoms with van der Waals surface area (Å²) in [6.07, 6.45) is 1.47. The van der Waals surface area contributed by atoms with Crippen LogP contribution >= 0.6 is 15.9 Å². The van der Waals surface area contributed by atoms with Crippen LogP contribution in [0.5, 0.6) is 5.88 Å². The molecule has 0 aromatic carbocycles. The van der Waals surface area contributed by atoms with Gasteiger partial charge in [0.25, 0.3) is 0 Å². The number of ether oxygens (including phenoxy) is 1. The topological polar surface area (TPSA) is 59.4 Å². The summed E-state index contributed by atoms with van der Waals surface area (Å²) in [5.74, 6) is -0.479. The van der Waals surface area contributed by atoms with Crippen LogP contribution in [0.3, 0.4) is 0 Å². The monoisotopic (exact) mass is 245 g/mol. The molecule has 1 aromatic heterocycles. The van der Waals surface area contributed by atoms with Crippen molar-refractivity contribution in [2.75, 3.05) is 7.11 Å². The van der Waals surface area contributed by atoms with Crippen molar-refractivity contribution in [3.8, 4) is 5.88 Å². The number of aliphatic carboxylic acids is 1. The average molecular weight is 246 g/mol. The van der Waals surface area contributed by atoms with Crippen molar-refractivity contribution in [2.24, 2.45) is 0 Å². The molecule has 4 nitrogen and oxygen atoms in total. The Kier molecular flexibility index (Phi) is 3.25. The Hall–Kier alpha value is -1.10. The molecule has 0 atom stereocenters. The minimum atomic E-state index is -0.881. The summed E-state index contributed by atoms with van der Waals surface area (Å²) in [5, 5.41) is 8.57. The Balaban J connectivity index is 3.01. The van der Waals surface area contributed by atoms with Crippen molar-refractivity contribution in [1.82, 2.24) is 4.98 Å². The fraction of sp³-hybridized carbons (Fsp3) is 0.250. The molecule has 1 rings (SSSR count). The molecule has 1 aromatic rings. The average Bonchev–Trinajstić information content (AvgIpc) is 2.08. The number of hydrogen-bond donors (Lipinski definition) is 1. The lowest BCUT2D eigenvalue weighted by Crippen LogP contribution is -2.02. The van der Waals surface area contributed by atoms with Gasteiger partial charge >= 0.3 is 5.97 Å². The van der Waals surface area contributed by atoms with Crippen LogP contribution in [0, 0.1) is 0 Å². The number of halogens is 1. The van der Waals surface area contributed by atoms with Gasteiger partial charge in [-0.3, -0.25) is 4.79 Å². The summed E-state index contributed by atoms with van der Waals surface area (Å²) in [7, 11) is 1.48. The number of aromatic nitrogens is 1. The zero-order valence-corrected chi connectivity index (χ0v) is 8.54. The molecule has 13 heavy (non-hydrogen) atoms. The predicted octanol–water partition coefficient (Wildman–Crippen LogP) is 1.48. The van der Waals surface area contributed by atoms with E-state index in [1.54, 1.807) is 6.07 Å². The molecule has 0 aliphatic carbocycles. The van der Waals surface area contributed by atoms with Gasteiger partial charge in [0.2, 0.25) is 5.88 Å². The predicted molar refractivity (Wildman–Crippen MR) is 49.8 cm³/mol. The molecule has 0 amide bonds. The normalized spacial score (nSPS) is 9.69. The van der Waals surface area contributed by atoms with E-state index in [0.29, 0.717) is 15.9 Å². The Morgan fingerprint density at radius 3 is 3.00 bits per heavy atom. The van der Waals surface area contributed by atoms with Gasteiger partial charge in [-0.15, -0.1) is 0 Å². The Labute approximate surface area is 83.7 Å². The van der Waals surface area contributed by atoms with E-state index in [9.17, 15) is 4.79 Å². The lowest BCUT2D eigenvalue weighted by atomic mass is 10.2. The number of carboxylic acid groups (broad SMARTS) is 1. The molecule has 70 valence electrons. The molecule has 0 unspecified atom stereocenters. The highest BCUT2D eigenvalue weighted by Crippen LogP contribution is 2.25. The molecule has 0 saturated carbocycles. The second kappa shape index (κ2) is 4.23. The van der Waals surface area contributed by atoms with Crippen molar-refractivity contribution < 1.29 is 14.6 Å². The molecule has 0 aliphatic rings. The highest BCUT2D eigenvalue weighted by Gasteiger charge is 2.09. The molecule has 1 heterocycles. The van der Waals surface area contributed by atoms with Crippen LogP contribution in [-0.4, -0.2) is 23.2 Å². The summed E-state index contributed by atoms with van der Waals surface area (Å²) >= 11 is 3.22. The van der Waals surface area contributed by atoms with Gasteiger partial charge in [-0.1, -0.05) is 0 Å². The first kappa shape index (κ1) is 9.98. The third kappa shape index (κ3) is 2.42. The second-order valence-electron chi connectivity index (χ2n) is 2.36. The Morgan fingerprint density at radius 2 is 2.46 bits per heavy atom. The third-order valence-electron chi connectivity index (χ3n) is 1.47. The van der Waals surface area contributed by atoms with Crippen LogP contribution in [0.1, 0.15) is 5.56 Å². The molecule has 0 spiro atoms. The van der Waals surface area contributed by atoms with Crippen molar-refractivity contribution in [2.45, 2.75) is 6.42 Å². The van der Waals surface area contributed by atoms with E-state index in [0.717, 1.165) is 0 Å². The molecule has 5 heteroatoms. The smallest absolute Gasteiger partial charge is 0.307 e. The first-order valence-corrected chi connectivity index (χ1v) is 4.33. The fourth-order valence-corrected chi connectivity index (χ4v) is 1.44. The second-order valence-corrected chi connectivity index (χ2v) is 3.16. The summed E-state index contributed by atoms with van der Waals surface area (Å²) in [6.45, 7) is 0. The van der Waals surface area contributed by atoms with Gasteiger partial charge in [-0.25, -0.2) is 4.98 Å². The molecule has 0 fully saturated rings.